The maximum atomic E-state index is 12.8. The highest BCUT2D eigenvalue weighted by atomic mass is 16.6. The molecule has 6 nitrogen and oxygen atoms in total. The molecule has 0 heterocycles. The molecule has 0 bridgehead atoms. The van der Waals surface area contributed by atoms with Crippen molar-refractivity contribution in [3.63, 3.8) is 0 Å². The van der Waals surface area contributed by atoms with Crippen LogP contribution in [0.2, 0.25) is 0 Å². The summed E-state index contributed by atoms with van der Waals surface area (Å²) >= 11 is 0. The lowest BCUT2D eigenvalue weighted by molar-refractivity contribution is -0.167. The SMILES string of the molecule is CC\C=C/C=C\C=C/CCCCCCCCCC(=O)OCC(COC(=O)CCC/C=C\C/C=C\C/C=C\CCCCCCCC)OC(=O)CCCCCCCCC\C=C/C=C\C=C/CC. The first kappa shape index (κ1) is 61.1. The van der Waals surface area contributed by atoms with E-state index in [-0.39, 0.29) is 37.5 Å². The minimum absolute atomic E-state index is 0.107. The van der Waals surface area contributed by atoms with Crippen molar-refractivity contribution in [1.29, 1.82) is 0 Å². The Kier molecular flexibility index (Phi) is 49.5. The van der Waals surface area contributed by atoms with Gasteiger partial charge in [-0.25, -0.2) is 0 Å². The number of hydrogen-bond donors (Lipinski definition) is 0. The first-order valence-corrected chi connectivity index (χ1v) is 26.5. The van der Waals surface area contributed by atoms with E-state index in [2.05, 4.69) is 130 Å². The molecule has 0 aromatic rings. The van der Waals surface area contributed by atoms with E-state index in [9.17, 15) is 14.4 Å². The minimum Gasteiger partial charge on any atom is -0.462 e. The Labute approximate surface area is 400 Å². The van der Waals surface area contributed by atoms with Crippen molar-refractivity contribution < 1.29 is 28.6 Å². The second-order valence-corrected chi connectivity index (χ2v) is 17.1. The number of carbonyl (C=O) groups excluding carboxylic acids is 3. The standard InChI is InChI=1S/C59H96O6/c1-4-7-10-13-16-19-22-25-28-29-32-34-37-40-43-46-49-52-58(61)64-55-56(65-59(62)53-50-47-44-41-38-35-31-27-24-21-18-15-12-9-6-3)54-63-57(60)51-48-45-42-39-36-33-30-26-23-20-17-14-11-8-5-2/h8-9,11-12,14-15,17-18,20-21,23-25,28,32,34,40,43,56H,4-7,10,13,16,19,22,26-27,29-31,33,35-39,41-42,44-55H2,1-3H3/b11-8-,12-9-,17-14-,18-15-,23-20-,24-21-,28-25-,34-32-,43-40-. The zero-order valence-electron chi connectivity index (χ0n) is 42.0. The fourth-order valence-electron chi connectivity index (χ4n) is 6.93. The number of carbonyl (C=O) groups is 3. The van der Waals surface area contributed by atoms with Crippen LogP contribution in [-0.4, -0.2) is 37.2 Å². The first-order chi connectivity index (χ1) is 32.0. The molecule has 0 rings (SSSR count). The molecule has 0 aliphatic carbocycles. The topological polar surface area (TPSA) is 78.9 Å². The van der Waals surface area contributed by atoms with Gasteiger partial charge >= 0.3 is 17.9 Å². The molecule has 0 saturated carbocycles. The van der Waals surface area contributed by atoms with Crippen LogP contribution in [-0.2, 0) is 28.6 Å². The monoisotopic (exact) mass is 901 g/mol. The van der Waals surface area contributed by atoms with Gasteiger partial charge < -0.3 is 14.2 Å². The van der Waals surface area contributed by atoms with Crippen molar-refractivity contribution in [2.75, 3.05) is 13.2 Å². The number of ether oxygens (including phenoxy) is 3. The van der Waals surface area contributed by atoms with Crippen LogP contribution in [0.4, 0.5) is 0 Å². The average molecular weight is 901 g/mol. The fraction of sp³-hybridized carbons (Fsp3) is 0.644. The highest BCUT2D eigenvalue weighted by Gasteiger charge is 2.19. The van der Waals surface area contributed by atoms with Gasteiger partial charge in [0, 0.05) is 19.3 Å². The minimum atomic E-state index is -0.811. The van der Waals surface area contributed by atoms with Crippen LogP contribution in [0.1, 0.15) is 226 Å². The zero-order chi connectivity index (χ0) is 47.2. The Hall–Kier alpha value is -3.93. The van der Waals surface area contributed by atoms with Gasteiger partial charge in [-0.2, -0.15) is 0 Å². The highest BCUT2D eigenvalue weighted by Crippen LogP contribution is 2.14. The molecule has 0 aliphatic heterocycles. The molecule has 0 amide bonds. The van der Waals surface area contributed by atoms with Crippen molar-refractivity contribution >= 4 is 17.9 Å². The molecule has 0 aliphatic rings. The zero-order valence-corrected chi connectivity index (χ0v) is 42.0. The molecule has 6 heteroatoms. The molecule has 0 N–H and O–H groups in total. The summed E-state index contributed by atoms with van der Waals surface area (Å²) in [7, 11) is 0. The van der Waals surface area contributed by atoms with Gasteiger partial charge in [0.15, 0.2) is 6.10 Å². The number of unbranched alkanes of at least 4 members (excludes halogenated alkanes) is 21. The van der Waals surface area contributed by atoms with Crippen LogP contribution in [0.25, 0.3) is 0 Å². The Morgan fingerprint density at radius 3 is 1.12 bits per heavy atom. The summed E-state index contributed by atoms with van der Waals surface area (Å²) in [6.07, 6.45) is 70.7. The molecule has 0 aromatic carbocycles. The number of hydrogen-bond acceptors (Lipinski definition) is 6. The largest absolute Gasteiger partial charge is 0.462 e. The van der Waals surface area contributed by atoms with E-state index in [0.29, 0.717) is 19.3 Å². The van der Waals surface area contributed by atoms with Crippen LogP contribution in [0.5, 0.6) is 0 Å². The maximum absolute atomic E-state index is 12.8. The van der Waals surface area contributed by atoms with Gasteiger partial charge in [-0.05, 0) is 89.9 Å². The lowest BCUT2D eigenvalue weighted by Gasteiger charge is -2.18. The van der Waals surface area contributed by atoms with Crippen LogP contribution in [0.3, 0.4) is 0 Å². The van der Waals surface area contributed by atoms with Gasteiger partial charge in [-0.3, -0.25) is 14.4 Å². The van der Waals surface area contributed by atoms with Gasteiger partial charge in [-0.15, -0.1) is 0 Å². The van der Waals surface area contributed by atoms with Crippen molar-refractivity contribution in [3.8, 4) is 0 Å². The van der Waals surface area contributed by atoms with Gasteiger partial charge in [-0.1, -0.05) is 226 Å². The van der Waals surface area contributed by atoms with E-state index in [0.717, 1.165) is 89.9 Å². The summed E-state index contributed by atoms with van der Waals surface area (Å²) in [5, 5.41) is 0. The Bertz CT molecular complexity index is 1360. The van der Waals surface area contributed by atoms with E-state index in [1.165, 1.54) is 89.9 Å². The summed E-state index contributed by atoms with van der Waals surface area (Å²) in [5.74, 6) is -0.989. The second kappa shape index (κ2) is 52.7. The van der Waals surface area contributed by atoms with Gasteiger partial charge in [0.1, 0.15) is 13.2 Å². The molecule has 0 fully saturated rings. The number of allylic oxidation sites excluding steroid dienone is 18. The quantitative estimate of drug-likeness (QED) is 0.0199. The summed E-state index contributed by atoms with van der Waals surface area (Å²) in [4.78, 5) is 38.0. The normalized spacial score (nSPS) is 13.0. The van der Waals surface area contributed by atoms with Crippen molar-refractivity contribution in [2.24, 2.45) is 0 Å². The van der Waals surface area contributed by atoms with E-state index in [1.807, 2.05) is 0 Å². The van der Waals surface area contributed by atoms with Crippen molar-refractivity contribution in [2.45, 2.75) is 232 Å². The van der Waals surface area contributed by atoms with Gasteiger partial charge in [0.25, 0.3) is 0 Å². The first-order valence-electron chi connectivity index (χ1n) is 26.5. The number of rotatable bonds is 46. The predicted molar refractivity (Wildman–Crippen MR) is 279 cm³/mol. The Balaban J connectivity index is 4.51. The highest BCUT2D eigenvalue weighted by molar-refractivity contribution is 5.71. The molecule has 0 aromatic heterocycles. The number of esters is 3. The van der Waals surface area contributed by atoms with E-state index in [4.69, 9.17) is 14.2 Å². The lowest BCUT2D eigenvalue weighted by Crippen LogP contribution is -2.30. The third kappa shape index (κ3) is 50.9. The average Bonchev–Trinajstić information content (AvgIpc) is 3.30. The Morgan fingerprint density at radius 1 is 0.338 bits per heavy atom. The van der Waals surface area contributed by atoms with Gasteiger partial charge in [0.05, 0.1) is 0 Å². The summed E-state index contributed by atoms with van der Waals surface area (Å²) < 4.78 is 16.8. The molecule has 1 atom stereocenters. The maximum Gasteiger partial charge on any atom is 0.306 e. The molecule has 0 spiro atoms. The molecular weight excluding hydrogens is 805 g/mol. The molecule has 368 valence electrons. The van der Waals surface area contributed by atoms with E-state index < -0.39 is 6.10 Å². The molecular formula is C59H96O6. The summed E-state index contributed by atoms with van der Waals surface area (Å²) in [6.45, 7) is 6.30. The van der Waals surface area contributed by atoms with E-state index >= 15 is 0 Å². The van der Waals surface area contributed by atoms with Crippen molar-refractivity contribution in [3.05, 3.63) is 109 Å². The third-order valence-electron chi connectivity index (χ3n) is 10.9. The molecule has 65 heavy (non-hydrogen) atoms. The smallest absolute Gasteiger partial charge is 0.306 e. The summed E-state index contributed by atoms with van der Waals surface area (Å²) in [6, 6.07) is 0. The molecule has 1 unspecified atom stereocenters. The fourth-order valence-corrected chi connectivity index (χ4v) is 6.93. The van der Waals surface area contributed by atoms with Crippen LogP contribution < -0.4 is 0 Å². The molecule has 0 saturated heterocycles. The van der Waals surface area contributed by atoms with Crippen molar-refractivity contribution in [1.82, 2.24) is 0 Å². The lowest BCUT2D eigenvalue weighted by atomic mass is 10.1. The Morgan fingerprint density at radius 2 is 0.677 bits per heavy atom. The predicted octanol–water partition coefficient (Wildman–Crippen LogP) is 17.5. The third-order valence-corrected chi connectivity index (χ3v) is 10.9. The van der Waals surface area contributed by atoms with E-state index in [1.54, 1.807) is 0 Å². The summed E-state index contributed by atoms with van der Waals surface area (Å²) in [5.41, 5.74) is 0. The van der Waals surface area contributed by atoms with Gasteiger partial charge in [0.2, 0.25) is 0 Å². The van der Waals surface area contributed by atoms with Crippen LogP contribution in [0, 0.1) is 0 Å². The van der Waals surface area contributed by atoms with Crippen LogP contribution in [0.15, 0.2) is 109 Å². The van der Waals surface area contributed by atoms with Crippen LogP contribution >= 0.6 is 0 Å². The molecule has 0 radical (unpaired) electrons. The second-order valence-electron chi connectivity index (χ2n) is 17.1.